The lowest BCUT2D eigenvalue weighted by atomic mass is 10.2. The van der Waals surface area contributed by atoms with Crippen molar-refractivity contribution in [3.8, 4) is 23.0 Å². The summed E-state index contributed by atoms with van der Waals surface area (Å²) in [6.07, 6.45) is 3.20. The van der Waals surface area contributed by atoms with Crippen LogP contribution in [0.15, 0.2) is 73.1 Å². The quantitative estimate of drug-likeness (QED) is 0.439. The van der Waals surface area contributed by atoms with Crippen molar-refractivity contribution in [2.24, 2.45) is 0 Å². The summed E-state index contributed by atoms with van der Waals surface area (Å²) in [7, 11) is 3.15. The number of rotatable bonds is 7. The predicted octanol–water partition coefficient (Wildman–Crippen LogP) is 4.76. The molecule has 2 heterocycles. The Morgan fingerprint density at radius 1 is 0.906 bits per heavy atom. The van der Waals surface area contributed by atoms with E-state index in [0.29, 0.717) is 40.9 Å². The number of amides is 2. The third-order valence-electron chi connectivity index (χ3n) is 4.71. The summed E-state index contributed by atoms with van der Waals surface area (Å²) in [6, 6.07) is 18.1. The molecular weight excluding hydrogens is 408 g/mol. The molecule has 4 rings (SSSR count). The Morgan fingerprint density at radius 3 is 2.41 bits per heavy atom. The minimum Gasteiger partial charge on any atom is -0.493 e. The summed E-state index contributed by atoms with van der Waals surface area (Å²) in [5.41, 5.74) is 1.72. The highest BCUT2D eigenvalue weighted by molar-refractivity contribution is 5.89. The summed E-state index contributed by atoms with van der Waals surface area (Å²) < 4.78 is 16.7. The fourth-order valence-corrected chi connectivity index (χ4v) is 3.12. The van der Waals surface area contributed by atoms with Gasteiger partial charge >= 0.3 is 6.03 Å². The topological polar surface area (TPSA) is 94.6 Å². The van der Waals surface area contributed by atoms with Crippen LogP contribution in [-0.4, -0.2) is 30.2 Å². The average molecular weight is 430 g/mol. The first-order valence-electron chi connectivity index (χ1n) is 9.89. The molecule has 2 aromatic heterocycles. The van der Waals surface area contributed by atoms with Crippen molar-refractivity contribution in [1.82, 2.24) is 15.3 Å². The SMILES string of the molecule is COc1cc2nccc(Oc3ccc(NC(=O)NCc4ccccc4)nc3)c2cc1OC. The number of hydrogen-bond donors (Lipinski definition) is 2. The lowest BCUT2D eigenvalue weighted by molar-refractivity contribution is 0.251. The second kappa shape index (κ2) is 9.65. The van der Waals surface area contributed by atoms with Gasteiger partial charge in [-0.2, -0.15) is 0 Å². The first kappa shape index (κ1) is 20.9. The third kappa shape index (κ3) is 4.86. The summed E-state index contributed by atoms with van der Waals surface area (Å²) in [5, 5.41) is 6.27. The molecule has 2 aromatic carbocycles. The number of carbonyl (C=O) groups excluding carboxylic acids is 1. The Morgan fingerprint density at radius 2 is 1.69 bits per heavy atom. The van der Waals surface area contributed by atoms with E-state index in [1.54, 1.807) is 50.9 Å². The van der Waals surface area contributed by atoms with Gasteiger partial charge in [0.05, 0.1) is 25.9 Å². The van der Waals surface area contributed by atoms with Gasteiger partial charge in [0.25, 0.3) is 0 Å². The van der Waals surface area contributed by atoms with Gasteiger partial charge in [-0.05, 0) is 29.8 Å². The molecule has 32 heavy (non-hydrogen) atoms. The van der Waals surface area contributed by atoms with Crippen LogP contribution in [0.4, 0.5) is 10.6 Å². The minimum absolute atomic E-state index is 0.337. The maximum absolute atomic E-state index is 12.1. The Balaban J connectivity index is 1.43. The van der Waals surface area contributed by atoms with Gasteiger partial charge in [0, 0.05) is 24.2 Å². The van der Waals surface area contributed by atoms with E-state index >= 15 is 0 Å². The monoisotopic (exact) mass is 430 g/mol. The summed E-state index contributed by atoms with van der Waals surface area (Å²) in [6.45, 7) is 0.428. The van der Waals surface area contributed by atoms with E-state index in [1.165, 1.54) is 0 Å². The molecule has 0 atom stereocenters. The summed E-state index contributed by atoms with van der Waals surface area (Å²) in [5.74, 6) is 2.69. The number of urea groups is 1. The van der Waals surface area contributed by atoms with E-state index in [9.17, 15) is 4.79 Å². The van der Waals surface area contributed by atoms with E-state index in [-0.39, 0.29) is 6.03 Å². The van der Waals surface area contributed by atoms with Crippen LogP contribution >= 0.6 is 0 Å². The Hall–Kier alpha value is -4.33. The van der Waals surface area contributed by atoms with E-state index < -0.39 is 0 Å². The lowest BCUT2D eigenvalue weighted by Gasteiger charge is -2.12. The number of carbonyl (C=O) groups is 1. The van der Waals surface area contributed by atoms with Crippen LogP contribution in [0.3, 0.4) is 0 Å². The number of fused-ring (bicyclic) bond motifs is 1. The zero-order valence-corrected chi connectivity index (χ0v) is 17.7. The van der Waals surface area contributed by atoms with Gasteiger partial charge in [-0.15, -0.1) is 0 Å². The molecule has 0 saturated carbocycles. The number of ether oxygens (including phenoxy) is 3. The minimum atomic E-state index is -0.337. The standard InChI is InChI=1S/C24H22N4O4/c1-30-21-12-18-19(13-22(21)31-2)25-11-10-20(18)32-17-8-9-23(26-15-17)28-24(29)27-14-16-6-4-3-5-7-16/h3-13,15H,14H2,1-2H3,(H2,26,27,28,29). The zero-order valence-electron chi connectivity index (χ0n) is 17.7. The van der Waals surface area contributed by atoms with Crippen LogP contribution in [0.2, 0.25) is 0 Å². The van der Waals surface area contributed by atoms with Crippen molar-refractivity contribution in [2.45, 2.75) is 6.54 Å². The molecule has 0 unspecified atom stereocenters. The molecule has 8 nitrogen and oxygen atoms in total. The molecule has 0 aliphatic carbocycles. The van der Waals surface area contributed by atoms with Gasteiger partial charge in [0.15, 0.2) is 11.5 Å². The highest BCUT2D eigenvalue weighted by Gasteiger charge is 2.12. The first-order valence-corrected chi connectivity index (χ1v) is 9.89. The van der Waals surface area contributed by atoms with Gasteiger partial charge in [-0.3, -0.25) is 10.3 Å². The average Bonchev–Trinajstić information content (AvgIpc) is 2.84. The van der Waals surface area contributed by atoms with Crippen molar-refractivity contribution in [3.05, 3.63) is 78.6 Å². The van der Waals surface area contributed by atoms with Crippen molar-refractivity contribution < 1.29 is 19.0 Å². The lowest BCUT2D eigenvalue weighted by Crippen LogP contribution is -2.28. The van der Waals surface area contributed by atoms with Crippen LogP contribution in [0, 0.1) is 0 Å². The van der Waals surface area contributed by atoms with Gasteiger partial charge in [-0.1, -0.05) is 30.3 Å². The number of methoxy groups -OCH3 is 2. The van der Waals surface area contributed by atoms with Crippen LogP contribution in [0.1, 0.15) is 5.56 Å². The molecule has 2 amide bonds. The first-order chi connectivity index (χ1) is 15.7. The molecule has 0 bridgehead atoms. The van der Waals surface area contributed by atoms with Crippen molar-refractivity contribution in [1.29, 1.82) is 0 Å². The largest absolute Gasteiger partial charge is 0.493 e. The van der Waals surface area contributed by atoms with Gasteiger partial charge in [0.2, 0.25) is 0 Å². The van der Waals surface area contributed by atoms with Crippen LogP contribution in [-0.2, 0) is 6.54 Å². The number of hydrogen-bond acceptors (Lipinski definition) is 6. The molecule has 0 saturated heterocycles. The Labute approximate surface area is 185 Å². The van der Waals surface area contributed by atoms with Crippen LogP contribution in [0.5, 0.6) is 23.0 Å². The van der Waals surface area contributed by atoms with Gasteiger partial charge in [0.1, 0.15) is 17.3 Å². The number of benzene rings is 2. The number of pyridine rings is 2. The maximum Gasteiger partial charge on any atom is 0.320 e. The van der Waals surface area contributed by atoms with Crippen molar-refractivity contribution in [2.75, 3.05) is 19.5 Å². The molecule has 0 aliphatic heterocycles. The summed E-state index contributed by atoms with van der Waals surface area (Å²) >= 11 is 0. The fourth-order valence-electron chi connectivity index (χ4n) is 3.12. The molecule has 0 radical (unpaired) electrons. The van der Waals surface area contributed by atoms with E-state index in [2.05, 4.69) is 20.6 Å². The second-order valence-corrected chi connectivity index (χ2v) is 6.81. The summed E-state index contributed by atoms with van der Waals surface area (Å²) in [4.78, 5) is 20.7. The normalized spacial score (nSPS) is 10.4. The van der Waals surface area contributed by atoms with Crippen molar-refractivity contribution >= 4 is 22.8 Å². The Kier molecular flexibility index (Phi) is 6.31. The molecule has 4 aromatic rings. The molecule has 0 spiro atoms. The molecule has 2 N–H and O–H groups in total. The van der Waals surface area contributed by atoms with E-state index in [1.807, 2.05) is 36.4 Å². The number of nitrogens with zero attached hydrogens (tertiary/aromatic N) is 2. The second-order valence-electron chi connectivity index (χ2n) is 6.81. The molecule has 0 fully saturated rings. The zero-order chi connectivity index (χ0) is 22.3. The van der Waals surface area contributed by atoms with E-state index in [4.69, 9.17) is 14.2 Å². The molecule has 8 heteroatoms. The molecule has 0 aliphatic rings. The number of anilines is 1. The van der Waals surface area contributed by atoms with Crippen LogP contribution < -0.4 is 24.8 Å². The third-order valence-corrected chi connectivity index (χ3v) is 4.71. The van der Waals surface area contributed by atoms with Crippen molar-refractivity contribution in [3.63, 3.8) is 0 Å². The number of aromatic nitrogens is 2. The van der Waals surface area contributed by atoms with Gasteiger partial charge in [-0.25, -0.2) is 9.78 Å². The highest BCUT2D eigenvalue weighted by Crippen LogP contribution is 2.36. The van der Waals surface area contributed by atoms with Crippen LogP contribution in [0.25, 0.3) is 10.9 Å². The Bertz CT molecular complexity index is 1210. The highest BCUT2D eigenvalue weighted by atomic mass is 16.5. The maximum atomic E-state index is 12.1. The fraction of sp³-hybridized carbons (Fsp3) is 0.125. The number of nitrogens with one attached hydrogen (secondary N) is 2. The predicted molar refractivity (Wildman–Crippen MR) is 121 cm³/mol. The molecule has 162 valence electrons. The smallest absolute Gasteiger partial charge is 0.320 e. The van der Waals surface area contributed by atoms with E-state index in [0.717, 1.165) is 10.9 Å². The van der Waals surface area contributed by atoms with Gasteiger partial charge < -0.3 is 19.5 Å². The molecular formula is C24H22N4O4.